The number of nitrogens with zero attached hydrogens (tertiary/aromatic N) is 2. The highest BCUT2D eigenvalue weighted by atomic mass is 79.9. The molecule has 0 aliphatic heterocycles. The van der Waals surface area contributed by atoms with Crippen LogP contribution in [-0.2, 0) is 6.61 Å². The van der Waals surface area contributed by atoms with Crippen molar-refractivity contribution >= 4 is 15.9 Å². The average Bonchev–Trinajstić information content (AvgIpc) is 3.23. The van der Waals surface area contributed by atoms with Gasteiger partial charge in [-0.15, -0.1) is 10.2 Å². The van der Waals surface area contributed by atoms with Crippen molar-refractivity contribution in [3.05, 3.63) is 82.8 Å². The van der Waals surface area contributed by atoms with Gasteiger partial charge in [0.2, 0.25) is 11.8 Å². The second-order valence-corrected chi connectivity index (χ2v) is 7.18. The molecule has 30 heavy (non-hydrogen) atoms. The number of benzene rings is 3. The molecule has 0 amide bonds. The molecule has 0 saturated heterocycles. The Hall–Kier alpha value is -3.26. The lowest BCUT2D eigenvalue weighted by Gasteiger charge is -2.07. The van der Waals surface area contributed by atoms with Gasteiger partial charge in [-0.1, -0.05) is 34.1 Å². The number of hydrogen-bond donors (Lipinski definition) is 0. The maximum absolute atomic E-state index is 12.3. The van der Waals surface area contributed by atoms with Crippen molar-refractivity contribution in [2.45, 2.75) is 13.2 Å². The lowest BCUT2D eigenvalue weighted by Crippen LogP contribution is -2.01. The van der Waals surface area contributed by atoms with Crippen LogP contribution in [0.3, 0.4) is 0 Å². The van der Waals surface area contributed by atoms with Gasteiger partial charge < -0.3 is 13.9 Å². The second-order valence-electron chi connectivity index (χ2n) is 6.26. The Morgan fingerprint density at radius 1 is 0.833 bits per heavy atom. The van der Waals surface area contributed by atoms with E-state index < -0.39 is 6.61 Å². The van der Waals surface area contributed by atoms with Crippen LogP contribution in [0.25, 0.3) is 22.9 Å². The summed E-state index contributed by atoms with van der Waals surface area (Å²) >= 11 is 3.42. The van der Waals surface area contributed by atoms with Crippen molar-refractivity contribution in [2.75, 3.05) is 0 Å². The van der Waals surface area contributed by atoms with E-state index in [1.807, 2.05) is 48.5 Å². The zero-order valence-electron chi connectivity index (χ0n) is 15.5. The highest BCUT2D eigenvalue weighted by Gasteiger charge is 2.12. The molecule has 4 aromatic rings. The maximum Gasteiger partial charge on any atom is 0.387 e. The molecule has 0 spiro atoms. The Morgan fingerprint density at radius 2 is 1.57 bits per heavy atom. The Labute approximate surface area is 179 Å². The van der Waals surface area contributed by atoms with E-state index in [4.69, 9.17) is 9.15 Å². The van der Waals surface area contributed by atoms with Gasteiger partial charge in [-0.2, -0.15) is 8.78 Å². The van der Waals surface area contributed by atoms with Gasteiger partial charge in [-0.3, -0.25) is 0 Å². The molecule has 0 aliphatic rings. The summed E-state index contributed by atoms with van der Waals surface area (Å²) in [7, 11) is 0. The van der Waals surface area contributed by atoms with Gasteiger partial charge in [0.1, 0.15) is 18.1 Å². The Balaban J connectivity index is 1.47. The highest BCUT2D eigenvalue weighted by Crippen LogP contribution is 2.27. The van der Waals surface area contributed by atoms with Crippen LogP contribution in [0.5, 0.6) is 11.5 Å². The van der Waals surface area contributed by atoms with Crippen LogP contribution >= 0.6 is 15.9 Å². The Morgan fingerprint density at radius 3 is 2.30 bits per heavy atom. The van der Waals surface area contributed by atoms with Crippen LogP contribution in [0.1, 0.15) is 5.56 Å². The molecule has 0 aliphatic carbocycles. The molecule has 1 aromatic heterocycles. The van der Waals surface area contributed by atoms with Crippen molar-refractivity contribution < 1.29 is 22.7 Å². The van der Waals surface area contributed by atoms with E-state index in [9.17, 15) is 8.78 Å². The number of ether oxygens (including phenoxy) is 2. The average molecular weight is 473 g/mol. The molecule has 0 saturated carbocycles. The molecule has 0 N–H and O–H groups in total. The van der Waals surface area contributed by atoms with Gasteiger partial charge in [0.25, 0.3) is 0 Å². The number of halogens is 3. The van der Waals surface area contributed by atoms with Crippen molar-refractivity contribution in [3.63, 3.8) is 0 Å². The van der Waals surface area contributed by atoms with E-state index in [1.54, 1.807) is 12.1 Å². The van der Waals surface area contributed by atoms with Gasteiger partial charge in [0.05, 0.1) is 0 Å². The molecule has 0 radical (unpaired) electrons. The predicted molar refractivity (Wildman–Crippen MR) is 110 cm³/mol. The van der Waals surface area contributed by atoms with Gasteiger partial charge in [-0.05, 0) is 60.2 Å². The fourth-order valence-corrected chi connectivity index (χ4v) is 3.13. The van der Waals surface area contributed by atoms with Crippen LogP contribution in [0.4, 0.5) is 8.78 Å². The number of aromatic nitrogens is 2. The molecule has 8 heteroatoms. The fraction of sp³-hybridized carbons (Fsp3) is 0.0909. The second kappa shape index (κ2) is 9.04. The Bertz CT molecular complexity index is 1130. The molecular formula is C22H15BrF2N2O3. The van der Waals surface area contributed by atoms with E-state index in [0.717, 1.165) is 21.3 Å². The van der Waals surface area contributed by atoms with E-state index in [-0.39, 0.29) is 11.6 Å². The first kappa shape index (κ1) is 20.0. The molecule has 3 aromatic carbocycles. The zero-order chi connectivity index (χ0) is 20.9. The SMILES string of the molecule is FC(F)Oc1ccc(-c2nnc(-c3cccc(COc4cccc(Br)c4)c3)o2)cc1. The van der Waals surface area contributed by atoms with Crippen LogP contribution in [0, 0.1) is 0 Å². The molecule has 152 valence electrons. The molecule has 1 heterocycles. The number of alkyl halides is 2. The fourth-order valence-electron chi connectivity index (χ4n) is 2.75. The molecule has 0 unspecified atom stereocenters. The largest absolute Gasteiger partial charge is 0.489 e. The highest BCUT2D eigenvalue weighted by molar-refractivity contribution is 9.10. The minimum atomic E-state index is -2.87. The number of rotatable bonds is 7. The summed E-state index contributed by atoms with van der Waals surface area (Å²) in [5.74, 6) is 1.45. The third-order valence-corrected chi connectivity index (χ3v) is 4.62. The summed E-state index contributed by atoms with van der Waals surface area (Å²) < 4.78 is 41.4. The summed E-state index contributed by atoms with van der Waals surface area (Å²) in [6, 6.07) is 21.2. The topological polar surface area (TPSA) is 57.4 Å². The molecular weight excluding hydrogens is 458 g/mol. The minimum absolute atomic E-state index is 0.0617. The van der Waals surface area contributed by atoms with Gasteiger partial charge in [-0.25, -0.2) is 0 Å². The summed E-state index contributed by atoms with van der Waals surface area (Å²) in [5, 5.41) is 8.13. The summed E-state index contributed by atoms with van der Waals surface area (Å²) in [6.45, 7) is -2.48. The van der Waals surface area contributed by atoms with Crippen LogP contribution in [0.2, 0.25) is 0 Å². The van der Waals surface area contributed by atoms with Gasteiger partial charge in [0.15, 0.2) is 0 Å². The third kappa shape index (κ3) is 5.01. The van der Waals surface area contributed by atoms with Gasteiger partial charge in [0, 0.05) is 15.6 Å². The van der Waals surface area contributed by atoms with E-state index >= 15 is 0 Å². The molecule has 0 atom stereocenters. The summed E-state index contributed by atoms with van der Waals surface area (Å²) in [5.41, 5.74) is 2.30. The van der Waals surface area contributed by atoms with Crippen molar-refractivity contribution in [3.8, 4) is 34.4 Å². The quantitative estimate of drug-likeness (QED) is 0.313. The van der Waals surface area contributed by atoms with Crippen LogP contribution in [-0.4, -0.2) is 16.8 Å². The zero-order valence-corrected chi connectivity index (χ0v) is 17.1. The van der Waals surface area contributed by atoms with Crippen molar-refractivity contribution in [2.24, 2.45) is 0 Å². The lowest BCUT2D eigenvalue weighted by atomic mass is 10.1. The van der Waals surface area contributed by atoms with Crippen LogP contribution < -0.4 is 9.47 Å². The normalized spacial score (nSPS) is 10.9. The third-order valence-electron chi connectivity index (χ3n) is 4.13. The van der Waals surface area contributed by atoms with E-state index in [2.05, 4.69) is 30.9 Å². The van der Waals surface area contributed by atoms with E-state index in [1.165, 1.54) is 12.1 Å². The standard InChI is InChI=1S/C22H15BrF2N2O3/c23-17-5-2-6-19(12-17)28-13-14-3-1-4-16(11-14)21-27-26-20(30-21)15-7-9-18(10-8-15)29-22(24)25/h1-12,22H,13H2. The van der Waals surface area contributed by atoms with E-state index in [0.29, 0.717) is 18.1 Å². The lowest BCUT2D eigenvalue weighted by molar-refractivity contribution is -0.0498. The van der Waals surface area contributed by atoms with Crippen LogP contribution in [0.15, 0.2) is 81.7 Å². The van der Waals surface area contributed by atoms with Crippen molar-refractivity contribution in [1.82, 2.24) is 10.2 Å². The smallest absolute Gasteiger partial charge is 0.387 e. The molecule has 4 rings (SSSR count). The first-order valence-electron chi connectivity index (χ1n) is 8.93. The molecule has 0 bridgehead atoms. The minimum Gasteiger partial charge on any atom is -0.489 e. The molecule has 0 fully saturated rings. The monoisotopic (exact) mass is 472 g/mol. The first-order chi connectivity index (χ1) is 14.6. The first-order valence-corrected chi connectivity index (χ1v) is 9.72. The maximum atomic E-state index is 12.3. The molecule has 5 nitrogen and oxygen atoms in total. The number of hydrogen-bond acceptors (Lipinski definition) is 5. The Kier molecular flexibility index (Phi) is 6.04. The predicted octanol–water partition coefficient (Wildman–Crippen LogP) is 6.35. The van der Waals surface area contributed by atoms with Gasteiger partial charge >= 0.3 is 6.61 Å². The summed E-state index contributed by atoms with van der Waals surface area (Å²) in [6.07, 6.45) is 0. The summed E-state index contributed by atoms with van der Waals surface area (Å²) in [4.78, 5) is 0. The van der Waals surface area contributed by atoms with Crippen molar-refractivity contribution in [1.29, 1.82) is 0 Å².